The predicted molar refractivity (Wildman–Crippen MR) is 75.1 cm³/mol. The lowest BCUT2D eigenvalue weighted by Gasteiger charge is -2.07. The fraction of sp³-hybridized carbons (Fsp3) is 0. The van der Waals surface area contributed by atoms with Crippen molar-refractivity contribution in [2.75, 3.05) is 5.32 Å². The van der Waals surface area contributed by atoms with Gasteiger partial charge < -0.3 is 5.32 Å². The first-order valence-electron chi connectivity index (χ1n) is 5.49. The third-order valence-electron chi connectivity index (χ3n) is 2.51. The number of carbonyl (C=O) groups excluding carboxylic acids is 1. The van der Waals surface area contributed by atoms with Gasteiger partial charge in [0, 0.05) is 17.8 Å². The van der Waals surface area contributed by atoms with E-state index in [2.05, 4.69) is 21.2 Å². The summed E-state index contributed by atoms with van der Waals surface area (Å²) >= 11 is 2.99. The molecule has 0 unspecified atom stereocenters. The molecular formula is C13H8BrFN2O3. The van der Waals surface area contributed by atoms with Crippen LogP contribution in [0.15, 0.2) is 46.9 Å². The van der Waals surface area contributed by atoms with Crippen molar-refractivity contribution in [3.05, 3.63) is 68.4 Å². The maximum absolute atomic E-state index is 13.3. The number of rotatable bonds is 3. The standard InChI is InChI=1S/C13H8BrFN2O3/c14-12-10(5-2-6-11(12)15)13(18)16-8-3-1-4-9(7-8)17(19)20/h1-7H,(H,16,18). The van der Waals surface area contributed by atoms with Gasteiger partial charge in [-0.15, -0.1) is 0 Å². The summed E-state index contributed by atoms with van der Waals surface area (Å²) in [5.74, 6) is -1.12. The van der Waals surface area contributed by atoms with Gasteiger partial charge in [-0.05, 0) is 34.1 Å². The first-order valence-corrected chi connectivity index (χ1v) is 6.28. The van der Waals surface area contributed by atoms with Crippen molar-refractivity contribution in [3.63, 3.8) is 0 Å². The second-order valence-electron chi connectivity index (χ2n) is 3.86. The van der Waals surface area contributed by atoms with E-state index in [0.717, 1.165) is 0 Å². The van der Waals surface area contributed by atoms with Crippen molar-refractivity contribution in [1.29, 1.82) is 0 Å². The topological polar surface area (TPSA) is 72.2 Å². The summed E-state index contributed by atoms with van der Waals surface area (Å²) in [6.45, 7) is 0. The second kappa shape index (κ2) is 5.79. The minimum absolute atomic E-state index is 0.0444. The number of nitro groups is 1. The van der Waals surface area contributed by atoms with Gasteiger partial charge >= 0.3 is 0 Å². The number of nitrogens with zero attached hydrogens (tertiary/aromatic N) is 1. The molecule has 0 bridgehead atoms. The third kappa shape index (κ3) is 3.00. The highest BCUT2D eigenvalue weighted by molar-refractivity contribution is 9.10. The Bertz CT molecular complexity index is 691. The lowest BCUT2D eigenvalue weighted by atomic mass is 10.2. The molecule has 1 amide bonds. The van der Waals surface area contributed by atoms with Gasteiger partial charge in [-0.2, -0.15) is 0 Å². The van der Waals surface area contributed by atoms with E-state index in [0.29, 0.717) is 0 Å². The molecule has 0 atom stereocenters. The fourth-order valence-corrected chi connectivity index (χ4v) is 2.02. The lowest BCUT2D eigenvalue weighted by molar-refractivity contribution is -0.384. The normalized spacial score (nSPS) is 10.1. The van der Waals surface area contributed by atoms with E-state index in [4.69, 9.17) is 0 Å². The Hall–Kier alpha value is -2.28. The van der Waals surface area contributed by atoms with Gasteiger partial charge in [-0.25, -0.2) is 4.39 Å². The van der Waals surface area contributed by atoms with Crippen molar-refractivity contribution in [2.45, 2.75) is 0 Å². The van der Waals surface area contributed by atoms with Gasteiger partial charge in [0.25, 0.3) is 11.6 Å². The Morgan fingerprint density at radius 3 is 2.65 bits per heavy atom. The molecule has 0 saturated heterocycles. The van der Waals surface area contributed by atoms with Gasteiger partial charge in [0.05, 0.1) is 15.0 Å². The quantitative estimate of drug-likeness (QED) is 0.684. The van der Waals surface area contributed by atoms with Gasteiger partial charge in [0.2, 0.25) is 0 Å². The van der Waals surface area contributed by atoms with Crippen molar-refractivity contribution < 1.29 is 14.1 Å². The Morgan fingerprint density at radius 1 is 1.25 bits per heavy atom. The van der Waals surface area contributed by atoms with Crippen LogP contribution in [0.2, 0.25) is 0 Å². The van der Waals surface area contributed by atoms with Crippen LogP contribution in [0.25, 0.3) is 0 Å². The number of amides is 1. The van der Waals surface area contributed by atoms with Crippen molar-refractivity contribution in [3.8, 4) is 0 Å². The summed E-state index contributed by atoms with van der Waals surface area (Å²) in [5, 5.41) is 13.1. The van der Waals surface area contributed by atoms with Crippen LogP contribution in [0.3, 0.4) is 0 Å². The van der Waals surface area contributed by atoms with Crippen LogP contribution in [0.5, 0.6) is 0 Å². The Labute approximate surface area is 121 Å². The zero-order valence-electron chi connectivity index (χ0n) is 9.97. The maximum atomic E-state index is 13.3. The Balaban J connectivity index is 2.26. The SMILES string of the molecule is O=C(Nc1cccc([N+](=O)[O-])c1)c1cccc(F)c1Br. The molecule has 2 rings (SSSR count). The molecule has 2 aromatic rings. The van der Waals surface area contributed by atoms with E-state index < -0.39 is 16.6 Å². The summed E-state index contributed by atoms with van der Waals surface area (Å²) in [4.78, 5) is 22.1. The van der Waals surface area contributed by atoms with Crippen molar-refractivity contribution in [2.24, 2.45) is 0 Å². The molecular weight excluding hydrogens is 331 g/mol. The van der Waals surface area contributed by atoms with E-state index >= 15 is 0 Å². The number of hydrogen-bond acceptors (Lipinski definition) is 3. The van der Waals surface area contributed by atoms with Crippen LogP contribution in [0.4, 0.5) is 15.8 Å². The summed E-state index contributed by atoms with van der Waals surface area (Å²) in [6, 6.07) is 9.57. The summed E-state index contributed by atoms with van der Waals surface area (Å²) in [6.07, 6.45) is 0. The van der Waals surface area contributed by atoms with Crippen LogP contribution >= 0.6 is 15.9 Å². The maximum Gasteiger partial charge on any atom is 0.271 e. The molecule has 0 aliphatic carbocycles. The van der Waals surface area contributed by atoms with Gasteiger partial charge in [0.15, 0.2) is 0 Å². The first kappa shape index (κ1) is 14.1. The molecule has 5 nitrogen and oxygen atoms in total. The molecule has 20 heavy (non-hydrogen) atoms. The number of carbonyl (C=O) groups is 1. The molecule has 0 aliphatic rings. The Kier molecular flexibility index (Phi) is 4.09. The predicted octanol–water partition coefficient (Wildman–Crippen LogP) is 3.75. The van der Waals surface area contributed by atoms with Crippen LogP contribution in [0.1, 0.15) is 10.4 Å². The number of anilines is 1. The summed E-state index contributed by atoms with van der Waals surface area (Å²) in [7, 11) is 0. The zero-order chi connectivity index (χ0) is 14.7. The van der Waals surface area contributed by atoms with Crippen molar-refractivity contribution >= 4 is 33.2 Å². The summed E-state index contributed by atoms with van der Waals surface area (Å²) < 4.78 is 13.4. The fourth-order valence-electron chi connectivity index (χ4n) is 1.57. The number of hydrogen-bond donors (Lipinski definition) is 1. The summed E-state index contributed by atoms with van der Waals surface area (Å²) in [5.41, 5.74) is 0.234. The van der Waals surface area contributed by atoms with E-state index in [9.17, 15) is 19.3 Å². The van der Waals surface area contributed by atoms with E-state index in [-0.39, 0.29) is 21.4 Å². The average molecular weight is 339 g/mol. The van der Waals surface area contributed by atoms with Crippen LogP contribution < -0.4 is 5.32 Å². The molecule has 0 saturated carbocycles. The zero-order valence-corrected chi connectivity index (χ0v) is 11.6. The number of nitro benzene ring substituents is 1. The van der Waals surface area contributed by atoms with Crippen LogP contribution in [-0.2, 0) is 0 Å². The number of halogens is 2. The molecule has 102 valence electrons. The molecule has 0 spiro atoms. The van der Waals surface area contributed by atoms with E-state index in [1.54, 1.807) is 0 Å². The highest BCUT2D eigenvalue weighted by Gasteiger charge is 2.14. The van der Waals surface area contributed by atoms with E-state index in [1.165, 1.54) is 42.5 Å². The van der Waals surface area contributed by atoms with Crippen LogP contribution in [0, 0.1) is 15.9 Å². The molecule has 0 heterocycles. The Morgan fingerprint density at radius 2 is 1.95 bits per heavy atom. The largest absolute Gasteiger partial charge is 0.322 e. The monoisotopic (exact) mass is 338 g/mol. The van der Waals surface area contributed by atoms with Gasteiger partial charge in [-0.1, -0.05) is 12.1 Å². The molecule has 0 aromatic heterocycles. The molecule has 0 fully saturated rings. The third-order valence-corrected chi connectivity index (χ3v) is 3.32. The lowest BCUT2D eigenvalue weighted by Crippen LogP contribution is -2.13. The average Bonchev–Trinajstić information content (AvgIpc) is 2.42. The molecule has 0 aliphatic heterocycles. The highest BCUT2D eigenvalue weighted by Crippen LogP contribution is 2.22. The molecule has 7 heteroatoms. The minimum atomic E-state index is -0.562. The van der Waals surface area contributed by atoms with Crippen molar-refractivity contribution in [1.82, 2.24) is 0 Å². The van der Waals surface area contributed by atoms with Crippen LogP contribution in [-0.4, -0.2) is 10.8 Å². The number of benzene rings is 2. The van der Waals surface area contributed by atoms with E-state index in [1.807, 2.05) is 0 Å². The first-order chi connectivity index (χ1) is 9.49. The van der Waals surface area contributed by atoms with Gasteiger partial charge in [0.1, 0.15) is 5.82 Å². The van der Waals surface area contributed by atoms with Gasteiger partial charge in [-0.3, -0.25) is 14.9 Å². The number of nitrogens with one attached hydrogen (secondary N) is 1. The smallest absolute Gasteiger partial charge is 0.271 e. The second-order valence-corrected chi connectivity index (χ2v) is 4.66. The minimum Gasteiger partial charge on any atom is -0.322 e. The number of non-ortho nitro benzene ring substituents is 1. The highest BCUT2D eigenvalue weighted by atomic mass is 79.9. The molecule has 2 aromatic carbocycles. The molecule has 0 radical (unpaired) electrons. The molecule has 1 N–H and O–H groups in total.